The van der Waals surface area contributed by atoms with Crippen LogP contribution in [0, 0.1) is 4.91 Å². The molecule has 0 saturated heterocycles. The zero-order valence-electron chi connectivity index (χ0n) is 28.4. The Morgan fingerprint density at radius 3 is 1.74 bits per heavy atom. The minimum absolute atomic E-state index is 0.0867. The average Bonchev–Trinajstić information content (AvgIpc) is 3.52. The summed E-state index contributed by atoms with van der Waals surface area (Å²) in [4.78, 5) is 17.8. The standard InChI is InChI=1S/C34H55N3O6/c1-21(39-17-13-12-16-35-38)22-20-42-25-26(43-22)28(32(5,6)7)37-30(25)34(10,11)15-14-33(8,9)29-24-23(40-18-19-41-24)27(36-29)31(2,3)4/h21-22,36-37H,12-20H2,1-11H3. The summed E-state index contributed by atoms with van der Waals surface area (Å²) in [5.41, 5.74) is 3.65. The SMILES string of the molecule is CC(OCCCCN=O)C1COc2c(C(C)(C)CCC(C)(C)c3[nH]c(C(C)(C)C)c4c3OCCO4)[nH]c(C(C)(C)C)c2O1. The Labute approximate surface area is 258 Å². The number of hydrogen-bond acceptors (Lipinski definition) is 7. The van der Waals surface area contributed by atoms with Gasteiger partial charge in [0.25, 0.3) is 0 Å². The van der Waals surface area contributed by atoms with E-state index in [1.54, 1.807) is 0 Å². The van der Waals surface area contributed by atoms with Gasteiger partial charge in [0.15, 0.2) is 29.1 Å². The van der Waals surface area contributed by atoms with Crippen molar-refractivity contribution in [2.24, 2.45) is 5.18 Å². The predicted octanol–water partition coefficient (Wildman–Crippen LogP) is 7.84. The molecule has 2 aromatic heterocycles. The molecule has 0 aromatic carbocycles. The third kappa shape index (κ3) is 7.18. The van der Waals surface area contributed by atoms with Gasteiger partial charge in [0.2, 0.25) is 0 Å². The molecule has 43 heavy (non-hydrogen) atoms. The first kappa shape index (κ1) is 33.2. The zero-order valence-corrected chi connectivity index (χ0v) is 28.4. The number of fused-ring (bicyclic) bond motifs is 2. The van der Waals surface area contributed by atoms with E-state index in [4.69, 9.17) is 23.7 Å². The molecule has 4 rings (SSSR count). The molecule has 0 spiro atoms. The van der Waals surface area contributed by atoms with Gasteiger partial charge < -0.3 is 33.7 Å². The van der Waals surface area contributed by atoms with E-state index in [9.17, 15) is 4.91 Å². The maximum Gasteiger partial charge on any atom is 0.183 e. The average molecular weight is 602 g/mol. The summed E-state index contributed by atoms with van der Waals surface area (Å²) in [6.07, 6.45) is 3.00. The Kier molecular flexibility index (Phi) is 9.56. The number of H-pyrrole nitrogens is 2. The number of ether oxygens (including phenoxy) is 5. The van der Waals surface area contributed by atoms with E-state index in [1.165, 1.54) is 0 Å². The second-order valence-corrected chi connectivity index (χ2v) is 15.6. The van der Waals surface area contributed by atoms with E-state index in [1.807, 2.05) is 6.92 Å². The maximum atomic E-state index is 10.4. The molecule has 2 aliphatic rings. The normalized spacial score (nSPS) is 18.1. The number of aromatic amines is 2. The maximum absolute atomic E-state index is 10.4. The Hall–Kier alpha value is -2.68. The van der Waals surface area contributed by atoms with Gasteiger partial charge in [-0.2, -0.15) is 4.91 Å². The minimum atomic E-state index is -0.221. The third-order valence-electron chi connectivity index (χ3n) is 8.83. The van der Waals surface area contributed by atoms with Crippen LogP contribution < -0.4 is 18.9 Å². The molecule has 0 fully saturated rings. The van der Waals surface area contributed by atoms with Gasteiger partial charge in [0.1, 0.15) is 19.8 Å². The first-order valence-electron chi connectivity index (χ1n) is 16.0. The Bertz CT molecular complexity index is 1260. The molecule has 0 saturated carbocycles. The van der Waals surface area contributed by atoms with E-state index in [0.717, 1.165) is 71.5 Å². The molecule has 4 heterocycles. The van der Waals surface area contributed by atoms with E-state index >= 15 is 0 Å². The summed E-state index contributed by atoms with van der Waals surface area (Å²) in [7, 11) is 0. The molecule has 2 N–H and O–H groups in total. The minimum Gasteiger partial charge on any atom is -0.484 e. The van der Waals surface area contributed by atoms with Crippen LogP contribution in [0.4, 0.5) is 0 Å². The lowest BCUT2D eigenvalue weighted by molar-refractivity contribution is -0.0453. The Morgan fingerprint density at radius 2 is 1.23 bits per heavy atom. The smallest absolute Gasteiger partial charge is 0.183 e. The van der Waals surface area contributed by atoms with Gasteiger partial charge in [0.05, 0.1) is 35.4 Å². The zero-order chi connectivity index (χ0) is 31.8. The van der Waals surface area contributed by atoms with Crippen molar-refractivity contribution in [3.8, 4) is 23.0 Å². The van der Waals surface area contributed by atoms with Gasteiger partial charge in [-0.1, -0.05) is 74.4 Å². The largest absolute Gasteiger partial charge is 0.484 e. The lowest BCUT2D eigenvalue weighted by Gasteiger charge is -2.33. The van der Waals surface area contributed by atoms with Crippen LogP contribution in [0.5, 0.6) is 23.0 Å². The summed E-state index contributed by atoms with van der Waals surface area (Å²) in [6.45, 7) is 26.8. The second-order valence-electron chi connectivity index (χ2n) is 15.6. The topological polar surface area (TPSA) is 107 Å². The van der Waals surface area contributed by atoms with E-state index in [2.05, 4.69) is 84.4 Å². The Morgan fingerprint density at radius 1 is 0.744 bits per heavy atom. The molecule has 242 valence electrons. The van der Waals surface area contributed by atoms with Crippen LogP contribution in [0.3, 0.4) is 0 Å². The predicted molar refractivity (Wildman–Crippen MR) is 170 cm³/mol. The molecule has 9 nitrogen and oxygen atoms in total. The first-order valence-corrected chi connectivity index (χ1v) is 16.0. The van der Waals surface area contributed by atoms with Gasteiger partial charge in [-0.05, 0) is 32.6 Å². The quantitative estimate of drug-likeness (QED) is 0.190. The van der Waals surface area contributed by atoms with Crippen LogP contribution in [-0.4, -0.2) is 55.1 Å². The van der Waals surface area contributed by atoms with Gasteiger partial charge >= 0.3 is 0 Å². The number of unbranched alkanes of at least 4 members (excludes halogenated alkanes) is 1. The molecular formula is C34H55N3O6. The monoisotopic (exact) mass is 601 g/mol. The highest BCUT2D eigenvalue weighted by Crippen LogP contribution is 2.51. The fourth-order valence-corrected chi connectivity index (χ4v) is 5.87. The summed E-state index contributed by atoms with van der Waals surface area (Å²) < 4.78 is 31.5. The molecule has 9 heteroatoms. The molecule has 0 aliphatic carbocycles. The lowest BCUT2D eigenvalue weighted by atomic mass is 9.75. The molecule has 2 unspecified atom stereocenters. The summed E-state index contributed by atoms with van der Waals surface area (Å²) in [6, 6.07) is 0. The van der Waals surface area contributed by atoms with Gasteiger partial charge in [0, 0.05) is 28.3 Å². The van der Waals surface area contributed by atoms with E-state index < -0.39 is 0 Å². The molecule has 2 aromatic rings. The number of nitrogens with one attached hydrogen (secondary N) is 2. The van der Waals surface area contributed by atoms with Crippen LogP contribution in [0.25, 0.3) is 0 Å². The third-order valence-corrected chi connectivity index (χ3v) is 8.83. The molecule has 0 amide bonds. The van der Waals surface area contributed by atoms with Crippen molar-refractivity contribution in [3.63, 3.8) is 0 Å². The van der Waals surface area contributed by atoms with E-state index in [-0.39, 0.29) is 33.9 Å². The number of aromatic nitrogens is 2. The van der Waals surface area contributed by atoms with E-state index in [0.29, 0.717) is 33.0 Å². The summed E-state index contributed by atoms with van der Waals surface area (Å²) >= 11 is 0. The molecular weight excluding hydrogens is 546 g/mol. The van der Waals surface area contributed by atoms with Crippen molar-refractivity contribution in [1.82, 2.24) is 9.97 Å². The lowest BCUT2D eigenvalue weighted by Crippen LogP contribution is -2.40. The van der Waals surface area contributed by atoms with Crippen molar-refractivity contribution in [3.05, 3.63) is 27.7 Å². The van der Waals surface area contributed by atoms with Crippen LogP contribution in [-0.2, 0) is 26.4 Å². The van der Waals surface area contributed by atoms with Gasteiger partial charge in [-0.3, -0.25) is 0 Å². The summed E-state index contributed by atoms with van der Waals surface area (Å²) in [5.74, 6) is 3.35. The van der Waals surface area contributed by atoms with Crippen molar-refractivity contribution in [2.75, 3.05) is 33.0 Å². The highest BCUT2D eigenvalue weighted by molar-refractivity contribution is 5.56. The molecule has 0 bridgehead atoms. The highest BCUT2D eigenvalue weighted by Gasteiger charge is 2.41. The molecule has 2 aliphatic heterocycles. The van der Waals surface area contributed by atoms with Crippen LogP contribution in [0.15, 0.2) is 5.18 Å². The van der Waals surface area contributed by atoms with Crippen molar-refractivity contribution in [2.45, 2.75) is 136 Å². The number of hydrogen-bond donors (Lipinski definition) is 2. The highest BCUT2D eigenvalue weighted by atomic mass is 16.6. The van der Waals surface area contributed by atoms with Crippen molar-refractivity contribution < 1.29 is 23.7 Å². The number of nitrogens with zero attached hydrogens (tertiary/aromatic N) is 1. The second kappa shape index (κ2) is 12.4. The number of nitroso groups, excluding NO2 is 1. The summed E-state index contributed by atoms with van der Waals surface area (Å²) in [5, 5.41) is 2.92. The number of rotatable bonds is 12. The van der Waals surface area contributed by atoms with Gasteiger partial charge in [-0.25, -0.2) is 0 Å². The van der Waals surface area contributed by atoms with Crippen molar-refractivity contribution in [1.29, 1.82) is 0 Å². The van der Waals surface area contributed by atoms with Crippen LogP contribution >= 0.6 is 0 Å². The van der Waals surface area contributed by atoms with Crippen LogP contribution in [0.1, 0.15) is 125 Å². The first-order chi connectivity index (χ1) is 20.0. The molecule has 2 atom stereocenters. The Balaban J connectivity index is 1.55. The fourth-order valence-electron chi connectivity index (χ4n) is 5.87. The van der Waals surface area contributed by atoms with Crippen molar-refractivity contribution >= 4 is 0 Å². The van der Waals surface area contributed by atoms with Crippen LogP contribution in [0.2, 0.25) is 0 Å². The van der Waals surface area contributed by atoms with Gasteiger partial charge in [-0.15, -0.1) is 0 Å². The fraction of sp³-hybridized carbons (Fsp3) is 0.765. The molecule has 0 radical (unpaired) electrons.